The van der Waals surface area contributed by atoms with E-state index in [-0.39, 0.29) is 24.8 Å². The number of alkyl halides is 6. The molecule has 0 aliphatic carbocycles. The highest BCUT2D eigenvalue weighted by Crippen LogP contribution is 2.43. The van der Waals surface area contributed by atoms with Gasteiger partial charge in [-0.25, -0.2) is 4.39 Å². The average Bonchev–Trinajstić information content (AvgIpc) is 3.41. The fraction of sp³-hybridized carbons (Fsp3) is 0.500. The van der Waals surface area contributed by atoms with Crippen LogP contribution in [0, 0.1) is 5.82 Å². The van der Waals surface area contributed by atoms with Gasteiger partial charge in [0.05, 0.1) is 37.1 Å². The molecule has 0 radical (unpaired) electrons. The van der Waals surface area contributed by atoms with Gasteiger partial charge in [0.2, 0.25) is 0 Å². The largest absolute Gasteiger partial charge is 0.416 e. The molecule has 2 saturated heterocycles. The Hall–Kier alpha value is -3.27. The molecule has 3 atom stereocenters. The van der Waals surface area contributed by atoms with Crippen LogP contribution >= 0.6 is 0 Å². The monoisotopic (exact) mass is 617 g/mol. The summed E-state index contributed by atoms with van der Waals surface area (Å²) >= 11 is 0. The molecule has 2 fully saturated rings. The third-order valence-corrected chi connectivity index (χ3v) is 7.77. The van der Waals surface area contributed by atoms with Crippen molar-refractivity contribution in [2.45, 2.75) is 50.7 Å². The number of nitrogens with one attached hydrogen (secondary N) is 1. The molecule has 0 saturated carbocycles. The Balaban J connectivity index is 1.52. The van der Waals surface area contributed by atoms with Crippen molar-refractivity contribution in [1.82, 2.24) is 20.3 Å². The quantitative estimate of drug-likeness (QED) is 0.343. The summed E-state index contributed by atoms with van der Waals surface area (Å²) in [5, 5.41) is 11.4. The first-order valence-corrected chi connectivity index (χ1v) is 13.6. The zero-order chi connectivity index (χ0) is 31.0. The van der Waals surface area contributed by atoms with Crippen LogP contribution in [0.3, 0.4) is 0 Å². The highest BCUT2D eigenvalue weighted by Gasteiger charge is 2.49. The molecule has 2 aliphatic heterocycles. The van der Waals surface area contributed by atoms with Crippen LogP contribution in [0.25, 0.3) is 0 Å². The summed E-state index contributed by atoms with van der Waals surface area (Å²) in [6, 6.07) is 6.86. The number of ether oxygens (including phenoxy) is 3. The Kier molecular flexibility index (Phi) is 8.71. The lowest BCUT2D eigenvalue weighted by Crippen LogP contribution is -2.60. The highest BCUT2D eigenvalue weighted by molar-refractivity contribution is 5.50. The van der Waals surface area contributed by atoms with Crippen molar-refractivity contribution in [2.75, 3.05) is 44.4 Å². The number of hydrogen-bond donors (Lipinski definition) is 1. The van der Waals surface area contributed by atoms with E-state index in [0.29, 0.717) is 62.1 Å². The van der Waals surface area contributed by atoms with Crippen molar-refractivity contribution >= 4 is 5.82 Å². The first kappa shape index (κ1) is 31.2. The number of anilines is 1. The fourth-order valence-corrected chi connectivity index (χ4v) is 5.37. The van der Waals surface area contributed by atoms with Crippen LogP contribution < -0.4 is 4.90 Å². The molecule has 5 rings (SSSR count). The van der Waals surface area contributed by atoms with E-state index >= 15 is 0 Å². The van der Waals surface area contributed by atoms with Gasteiger partial charge >= 0.3 is 12.4 Å². The number of nitrogens with zero attached hydrogens (tertiary/aromatic N) is 4. The van der Waals surface area contributed by atoms with Crippen molar-refractivity contribution in [3.63, 3.8) is 0 Å². The van der Waals surface area contributed by atoms with Gasteiger partial charge in [0.1, 0.15) is 17.1 Å². The molecule has 15 heteroatoms. The Bertz CT molecular complexity index is 1360. The molecule has 2 aliphatic rings. The highest BCUT2D eigenvalue weighted by atomic mass is 19.4. The molecule has 2 aromatic carbocycles. The first-order chi connectivity index (χ1) is 20.3. The lowest BCUT2D eigenvalue weighted by atomic mass is 9.87. The first-order valence-electron chi connectivity index (χ1n) is 13.6. The van der Waals surface area contributed by atoms with Crippen molar-refractivity contribution in [1.29, 1.82) is 0 Å². The molecule has 234 valence electrons. The number of halogens is 7. The van der Waals surface area contributed by atoms with Crippen molar-refractivity contribution in [3.8, 4) is 0 Å². The molecule has 0 unspecified atom stereocenters. The molecular formula is C28H30F7N5O3. The summed E-state index contributed by atoms with van der Waals surface area (Å²) in [6.07, 6.45) is -12.5. The van der Waals surface area contributed by atoms with Crippen molar-refractivity contribution in [2.24, 2.45) is 0 Å². The Labute approximate surface area is 242 Å². The number of rotatable bonds is 7. The molecule has 0 spiro atoms. The second kappa shape index (κ2) is 12.0. The number of aromatic nitrogens is 3. The van der Waals surface area contributed by atoms with E-state index in [9.17, 15) is 30.7 Å². The van der Waals surface area contributed by atoms with Gasteiger partial charge in [-0.2, -0.15) is 36.7 Å². The number of H-pyrrole nitrogens is 1. The zero-order valence-electron chi connectivity index (χ0n) is 23.3. The summed E-state index contributed by atoms with van der Waals surface area (Å²) in [7, 11) is 0. The maximum Gasteiger partial charge on any atom is 0.416 e. The number of hydrogen-bond acceptors (Lipinski definition) is 7. The maximum atomic E-state index is 14.0. The topological polar surface area (TPSA) is 75.7 Å². The van der Waals surface area contributed by atoms with E-state index in [0.717, 1.165) is 0 Å². The predicted molar refractivity (Wildman–Crippen MR) is 139 cm³/mol. The normalized spacial score (nSPS) is 23.0. The molecule has 3 aromatic rings. The summed E-state index contributed by atoms with van der Waals surface area (Å²) < 4.78 is 113. The van der Waals surface area contributed by atoms with Gasteiger partial charge in [-0.15, -0.1) is 5.10 Å². The predicted octanol–water partition coefficient (Wildman–Crippen LogP) is 5.67. The molecule has 8 nitrogen and oxygen atoms in total. The second-order valence-corrected chi connectivity index (χ2v) is 10.6. The smallest absolute Gasteiger partial charge is 0.379 e. The number of morpholine rings is 2. The lowest BCUT2D eigenvalue weighted by Gasteiger charge is -2.50. The zero-order valence-corrected chi connectivity index (χ0v) is 23.3. The van der Waals surface area contributed by atoms with Gasteiger partial charge in [-0.05, 0) is 55.3 Å². The summed E-state index contributed by atoms with van der Waals surface area (Å²) in [5.41, 5.74) is -3.36. The lowest BCUT2D eigenvalue weighted by molar-refractivity contribution is -0.217. The maximum absolute atomic E-state index is 14.0. The minimum atomic E-state index is -5.01. The summed E-state index contributed by atoms with van der Waals surface area (Å²) in [6.45, 7) is 6.41. The van der Waals surface area contributed by atoms with Gasteiger partial charge in [-0.1, -0.05) is 12.1 Å². The van der Waals surface area contributed by atoms with Crippen LogP contribution in [0.15, 0.2) is 42.5 Å². The molecule has 0 bridgehead atoms. The summed E-state index contributed by atoms with van der Waals surface area (Å²) in [5.74, 6) is -0.0409. The fourth-order valence-electron chi connectivity index (χ4n) is 5.37. The van der Waals surface area contributed by atoms with Crippen LogP contribution in [0.4, 0.5) is 36.6 Å². The van der Waals surface area contributed by atoms with Crippen LogP contribution in [0.1, 0.15) is 47.9 Å². The number of aromatic amines is 1. The summed E-state index contributed by atoms with van der Waals surface area (Å²) in [4.78, 5) is 4.00. The minimum Gasteiger partial charge on any atom is -0.379 e. The molecule has 43 heavy (non-hydrogen) atoms. The third-order valence-electron chi connectivity index (χ3n) is 7.77. The molecular weight excluding hydrogens is 587 g/mol. The number of benzene rings is 2. The van der Waals surface area contributed by atoms with Gasteiger partial charge in [0.15, 0.2) is 12.1 Å². The second-order valence-electron chi connectivity index (χ2n) is 10.6. The minimum absolute atomic E-state index is 0.0677. The van der Waals surface area contributed by atoms with E-state index in [1.54, 1.807) is 6.92 Å². The molecule has 1 aromatic heterocycles. The van der Waals surface area contributed by atoms with Gasteiger partial charge in [0.25, 0.3) is 0 Å². The molecule has 3 heterocycles. The van der Waals surface area contributed by atoms with Gasteiger partial charge < -0.3 is 19.1 Å². The van der Waals surface area contributed by atoms with E-state index in [4.69, 9.17) is 14.2 Å². The van der Waals surface area contributed by atoms with Crippen LogP contribution in [0.2, 0.25) is 0 Å². The Morgan fingerprint density at radius 2 is 1.58 bits per heavy atom. The SMILES string of the molecule is C[C@@H](O[C@H]1OCCN(c2n[nH]nc2CN2CCOCC2)[C@@]1(C)c1ccc(F)cc1)c1cc(C(F)(F)F)cc(C(F)(F)F)c1. The molecule has 1 N–H and O–H groups in total. The van der Waals surface area contributed by atoms with Gasteiger partial charge in [-0.3, -0.25) is 4.90 Å². The van der Waals surface area contributed by atoms with Crippen molar-refractivity contribution < 1.29 is 44.9 Å². The van der Waals surface area contributed by atoms with E-state index in [1.165, 1.54) is 31.2 Å². The van der Waals surface area contributed by atoms with E-state index < -0.39 is 47.2 Å². The van der Waals surface area contributed by atoms with Crippen LogP contribution in [0.5, 0.6) is 0 Å². The van der Waals surface area contributed by atoms with Gasteiger partial charge in [0, 0.05) is 26.2 Å². The Morgan fingerprint density at radius 3 is 2.19 bits per heavy atom. The van der Waals surface area contributed by atoms with Crippen molar-refractivity contribution in [3.05, 3.63) is 76.2 Å². The average molecular weight is 618 g/mol. The standard InChI is InChI=1S/C28H30F7N5O3/c1-17(18-13-20(27(30,31)32)15-21(14-18)28(33,34)35)43-25-26(2,19-3-5-22(29)6-4-19)40(9-12-42-25)24-23(36-38-37-24)16-39-7-10-41-11-8-39/h3-6,13-15,17,25H,7-12,16H2,1-2H3,(H,36,37,38)/t17-,25-,26+/m1/s1. The third kappa shape index (κ3) is 6.64. The van der Waals surface area contributed by atoms with Crippen LogP contribution in [-0.4, -0.2) is 66.1 Å². The van der Waals surface area contributed by atoms with E-state index in [2.05, 4.69) is 20.3 Å². The molecule has 0 amide bonds. The Morgan fingerprint density at radius 1 is 0.953 bits per heavy atom. The van der Waals surface area contributed by atoms with Crippen LogP contribution in [-0.2, 0) is 38.6 Å². The van der Waals surface area contributed by atoms with E-state index in [1.807, 2.05) is 4.90 Å².